The molecule has 0 bridgehead atoms. The zero-order valence-electron chi connectivity index (χ0n) is 23.3. The Morgan fingerprint density at radius 1 is 0.659 bits per heavy atom. The standard InChI is InChI=1S/C36H34N2O3/c1-26(40)41-25-13-19-30-32-21-9-11-23-38(32)36(34(30)28-16-6-3-7-17-28)35-33(27-14-4-2-5-15-27)29(18-12-24-39)31-20-8-10-22-37(31)35/h2-11,14-17,20-23,39H,12-13,18-19,24-25H2,1H3. The Hall–Kier alpha value is -4.61. The Bertz CT molecular complexity index is 1800. The van der Waals surface area contributed by atoms with E-state index in [4.69, 9.17) is 4.74 Å². The van der Waals surface area contributed by atoms with Crippen LogP contribution < -0.4 is 0 Å². The number of esters is 1. The minimum atomic E-state index is -0.252. The molecule has 41 heavy (non-hydrogen) atoms. The Kier molecular flexibility index (Phi) is 7.70. The van der Waals surface area contributed by atoms with Crippen molar-refractivity contribution in [2.45, 2.75) is 32.6 Å². The average Bonchev–Trinajstić information content (AvgIpc) is 3.51. The predicted molar refractivity (Wildman–Crippen MR) is 165 cm³/mol. The van der Waals surface area contributed by atoms with Crippen molar-refractivity contribution in [3.8, 4) is 33.6 Å². The number of carbonyl (C=O) groups is 1. The van der Waals surface area contributed by atoms with Gasteiger partial charge in [0.05, 0.1) is 18.0 Å². The predicted octanol–water partition coefficient (Wildman–Crippen LogP) is 7.61. The quantitative estimate of drug-likeness (QED) is 0.143. The van der Waals surface area contributed by atoms with Gasteiger partial charge in [-0.1, -0.05) is 72.8 Å². The number of carbonyl (C=O) groups excluding carboxylic acids is 1. The molecule has 0 aliphatic heterocycles. The van der Waals surface area contributed by atoms with Crippen molar-refractivity contribution in [2.24, 2.45) is 0 Å². The normalized spacial score (nSPS) is 11.4. The Morgan fingerprint density at radius 3 is 1.59 bits per heavy atom. The second kappa shape index (κ2) is 11.9. The van der Waals surface area contributed by atoms with Gasteiger partial charge < -0.3 is 18.6 Å². The molecule has 0 aliphatic carbocycles. The van der Waals surface area contributed by atoms with Crippen LogP contribution in [0.4, 0.5) is 0 Å². The lowest BCUT2D eigenvalue weighted by atomic mass is 9.92. The molecule has 0 saturated carbocycles. The molecule has 0 radical (unpaired) electrons. The van der Waals surface area contributed by atoms with E-state index in [9.17, 15) is 9.90 Å². The molecule has 0 unspecified atom stereocenters. The summed E-state index contributed by atoms with van der Waals surface area (Å²) >= 11 is 0. The van der Waals surface area contributed by atoms with Crippen molar-refractivity contribution in [3.05, 3.63) is 121 Å². The number of hydrogen-bond donors (Lipinski definition) is 1. The van der Waals surface area contributed by atoms with Crippen LogP contribution in [0.1, 0.15) is 30.9 Å². The van der Waals surface area contributed by atoms with Crippen molar-refractivity contribution in [1.82, 2.24) is 8.80 Å². The molecule has 1 N–H and O–H groups in total. The molecule has 5 nitrogen and oxygen atoms in total. The van der Waals surface area contributed by atoms with E-state index < -0.39 is 0 Å². The SMILES string of the molecule is CC(=O)OCCCc1c(-c2ccccc2)c(-c2c(-c3ccccc3)c(CCCO)c3ccccn23)n2ccccc12. The first-order valence-electron chi connectivity index (χ1n) is 14.3. The second-order valence-corrected chi connectivity index (χ2v) is 10.3. The lowest BCUT2D eigenvalue weighted by molar-refractivity contribution is -0.141. The number of aliphatic hydroxyl groups is 1. The van der Waals surface area contributed by atoms with Crippen molar-refractivity contribution < 1.29 is 14.6 Å². The van der Waals surface area contributed by atoms with E-state index >= 15 is 0 Å². The number of pyridine rings is 2. The number of ether oxygens (including phenoxy) is 1. The minimum Gasteiger partial charge on any atom is -0.466 e. The highest BCUT2D eigenvalue weighted by Crippen LogP contribution is 2.46. The molecule has 0 amide bonds. The highest BCUT2D eigenvalue weighted by Gasteiger charge is 2.28. The van der Waals surface area contributed by atoms with Crippen LogP contribution in [-0.2, 0) is 22.4 Å². The first kappa shape index (κ1) is 26.6. The van der Waals surface area contributed by atoms with Gasteiger partial charge in [-0.25, -0.2) is 0 Å². The van der Waals surface area contributed by atoms with Crippen LogP contribution >= 0.6 is 0 Å². The molecule has 206 valence electrons. The van der Waals surface area contributed by atoms with Crippen LogP contribution in [0.25, 0.3) is 44.7 Å². The number of aryl methyl sites for hydroxylation is 2. The Balaban J connectivity index is 1.71. The summed E-state index contributed by atoms with van der Waals surface area (Å²) in [5.41, 5.74) is 11.7. The van der Waals surface area contributed by atoms with Gasteiger partial charge in [0.25, 0.3) is 0 Å². The summed E-state index contributed by atoms with van der Waals surface area (Å²) in [5, 5.41) is 9.82. The first-order chi connectivity index (χ1) is 20.2. The zero-order chi connectivity index (χ0) is 28.2. The summed E-state index contributed by atoms with van der Waals surface area (Å²) in [4.78, 5) is 11.5. The Labute approximate surface area is 240 Å². The summed E-state index contributed by atoms with van der Waals surface area (Å²) in [5.74, 6) is -0.252. The molecular formula is C36H34N2O3. The van der Waals surface area contributed by atoms with E-state index in [0.29, 0.717) is 13.0 Å². The molecular weight excluding hydrogens is 508 g/mol. The molecule has 2 aromatic carbocycles. The Morgan fingerprint density at radius 2 is 1.12 bits per heavy atom. The molecule has 4 aromatic heterocycles. The molecule has 0 atom stereocenters. The van der Waals surface area contributed by atoms with E-state index in [-0.39, 0.29) is 12.6 Å². The fourth-order valence-electron chi connectivity index (χ4n) is 6.07. The first-order valence-corrected chi connectivity index (χ1v) is 14.3. The van der Waals surface area contributed by atoms with Crippen LogP contribution in [-0.4, -0.2) is 33.1 Å². The van der Waals surface area contributed by atoms with Crippen molar-refractivity contribution in [1.29, 1.82) is 0 Å². The molecule has 4 heterocycles. The molecule has 6 aromatic rings. The highest BCUT2D eigenvalue weighted by molar-refractivity contribution is 5.98. The molecule has 0 fully saturated rings. The summed E-state index contributed by atoms with van der Waals surface area (Å²) in [6, 6.07) is 33.9. The van der Waals surface area contributed by atoms with Crippen LogP contribution in [0.2, 0.25) is 0 Å². The maximum atomic E-state index is 11.5. The van der Waals surface area contributed by atoms with Gasteiger partial charge in [-0.2, -0.15) is 0 Å². The monoisotopic (exact) mass is 542 g/mol. The fourth-order valence-corrected chi connectivity index (χ4v) is 6.07. The zero-order valence-corrected chi connectivity index (χ0v) is 23.3. The van der Waals surface area contributed by atoms with Crippen LogP contribution in [0, 0.1) is 0 Å². The van der Waals surface area contributed by atoms with Crippen LogP contribution in [0.3, 0.4) is 0 Å². The van der Waals surface area contributed by atoms with E-state index in [1.165, 1.54) is 29.2 Å². The largest absolute Gasteiger partial charge is 0.466 e. The van der Waals surface area contributed by atoms with Crippen LogP contribution in [0.15, 0.2) is 109 Å². The second-order valence-electron chi connectivity index (χ2n) is 10.3. The third kappa shape index (κ3) is 5.05. The molecule has 0 aliphatic rings. The summed E-state index contributed by atoms with van der Waals surface area (Å²) in [7, 11) is 0. The van der Waals surface area contributed by atoms with Gasteiger partial charge in [-0.3, -0.25) is 4.79 Å². The maximum absolute atomic E-state index is 11.5. The summed E-state index contributed by atoms with van der Waals surface area (Å²) in [6.45, 7) is 1.99. The lowest BCUT2D eigenvalue weighted by Crippen LogP contribution is -2.02. The van der Waals surface area contributed by atoms with Crippen molar-refractivity contribution >= 4 is 17.0 Å². The van der Waals surface area contributed by atoms with E-state index in [1.54, 1.807) is 0 Å². The number of nitrogens with zero attached hydrogens (tertiary/aromatic N) is 2. The molecule has 5 heteroatoms. The average molecular weight is 543 g/mol. The lowest BCUT2D eigenvalue weighted by Gasteiger charge is -2.13. The van der Waals surface area contributed by atoms with Gasteiger partial charge >= 0.3 is 5.97 Å². The smallest absolute Gasteiger partial charge is 0.302 e. The van der Waals surface area contributed by atoms with Crippen molar-refractivity contribution in [3.63, 3.8) is 0 Å². The highest BCUT2D eigenvalue weighted by atomic mass is 16.5. The van der Waals surface area contributed by atoms with E-state index in [2.05, 4.69) is 118 Å². The van der Waals surface area contributed by atoms with E-state index in [1.807, 2.05) is 0 Å². The number of fused-ring (bicyclic) bond motifs is 2. The minimum absolute atomic E-state index is 0.142. The van der Waals surface area contributed by atoms with E-state index in [0.717, 1.165) is 52.8 Å². The fraction of sp³-hybridized carbons (Fsp3) is 0.194. The van der Waals surface area contributed by atoms with Gasteiger partial charge in [0, 0.05) is 48.1 Å². The molecule has 0 saturated heterocycles. The van der Waals surface area contributed by atoms with Gasteiger partial charge in [-0.15, -0.1) is 0 Å². The molecule has 0 spiro atoms. The number of aliphatic hydroxyl groups excluding tert-OH is 1. The van der Waals surface area contributed by atoms with Crippen LogP contribution in [0.5, 0.6) is 0 Å². The van der Waals surface area contributed by atoms with Crippen molar-refractivity contribution in [2.75, 3.05) is 13.2 Å². The summed E-state index contributed by atoms with van der Waals surface area (Å²) in [6.07, 6.45) is 7.26. The van der Waals surface area contributed by atoms with Gasteiger partial charge in [0.1, 0.15) is 0 Å². The molecule has 6 rings (SSSR count). The topological polar surface area (TPSA) is 55.3 Å². The number of aromatic nitrogens is 2. The third-order valence-electron chi connectivity index (χ3n) is 7.71. The number of benzene rings is 2. The number of rotatable bonds is 10. The van der Waals surface area contributed by atoms with Gasteiger partial charge in [-0.05, 0) is 72.2 Å². The van der Waals surface area contributed by atoms with Gasteiger partial charge in [0.2, 0.25) is 0 Å². The maximum Gasteiger partial charge on any atom is 0.302 e. The van der Waals surface area contributed by atoms with Gasteiger partial charge in [0.15, 0.2) is 0 Å². The third-order valence-corrected chi connectivity index (χ3v) is 7.71. The number of hydrogen-bond acceptors (Lipinski definition) is 3. The summed E-state index contributed by atoms with van der Waals surface area (Å²) < 4.78 is 9.96.